The zero-order valence-corrected chi connectivity index (χ0v) is 20.9. The van der Waals surface area contributed by atoms with Gasteiger partial charge in [-0.2, -0.15) is 10.4 Å². The van der Waals surface area contributed by atoms with E-state index in [9.17, 15) is 18.5 Å². The lowest BCUT2D eigenvalue weighted by Crippen LogP contribution is -2.32. The van der Waals surface area contributed by atoms with E-state index in [1.165, 1.54) is 32.3 Å². The van der Waals surface area contributed by atoms with Crippen molar-refractivity contribution in [1.82, 2.24) is 19.4 Å². The van der Waals surface area contributed by atoms with Gasteiger partial charge < -0.3 is 10.1 Å². The number of benzene rings is 2. The smallest absolute Gasteiger partial charge is 0.262 e. The number of aromatic nitrogens is 2. The predicted octanol–water partition coefficient (Wildman–Crippen LogP) is 2.99. The summed E-state index contributed by atoms with van der Waals surface area (Å²) in [6, 6.07) is 17.8. The van der Waals surface area contributed by atoms with Gasteiger partial charge in [-0.1, -0.05) is 30.3 Å². The molecule has 9 nitrogen and oxygen atoms in total. The van der Waals surface area contributed by atoms with Crippen molar-refractivity contribution in [3.05, 3.63) is 71.9 Å². The number of rotatable bonds is 8. The van der Waals surface area contributed by atoms with Crippen LogP contribution in [0.2, 0.25) is 0 Å². The normalized spacial score (nSPS) is 16.2. The van der Waals surface area contributed by atoms with Gasteiger partial charge in [-0.3, -0.25) is 4.79 Å². The van der Waals surface area contributed by atoms with Gasteiger partial charge in [-0.15, -0.1) is 0 Å². The highest BCUT2D eigenvalue weighted by Gasteiger charge is 2.21. The molecule has 3 aromatic rings. The first kappa shape index (κ1) is 25.3. The second kappa shape index (κ2) is 10.9. The molecule has 2 heterocycles. The molecular formula is C26H27N5O4S. The number of hydrogen-bond donors (Lipinski definition) is 1. The van der Waals surface area contributed by atoms with Crippen LogP contribution >= 0.6 is 0 Å². The van der Waals surface area contributed by atoms with Crippen molar-refractivity contribution < 1.29 is 17.9 Å². The summed E-state index contributed by atoms with van der Waals surface area (Å²) >= 11 is 0. The first-order valence-corrected chi connectivity index (χ1v) is 12.9. The van der Waals surface area contributed by atoms with Gasteiger partial charge in [-0.25, -0.2) is 17.4 Å². The summed E-state index contributed by atoms with van der Waals surface area (Å²) in [6.45, 7) is 1.00. The number of nitrogens with zero attached hydrogens (tertiary/aromatic N) is 4. The summed E-state index contributed by atoms with van der Waals surface area (Å²) < 4.78 is 33.7. The first-order chi connectivity index (χ1) is 17.3. The molecule has 0 bridgehead atoms. The minimum atomic E-state index is -3.67. The van der Waals surface area contributed by atoms with E-state index in [1.807, 2.05) is 36.4 Å². The minimum Gasteiger partial charge on any atom is -0.376 e. The quantitative estimate of drug-likeness (QED) is 0.372. The van der Waals surface area contributed by atoms with E-state index in [1.54, 1.807) is 23.0 Å². The highest BCUT2D eigenvalue weighted by Crippen LogP contribution is 2.28. The Morgan fingerprint density at radius 3 is 2.69 bits per heavy atom. The zero-order valence-electron chi connectivity index (χ0n) is 20.1. The van der Waals surface area contributed by atoms with Gasteiger partial charge in [-0.05, 0) is 43.2 Å². The lowest BCUT2D eigenvalue weighted by molar-refractivity contribution is -0.117. The maximum atomic E-state index is 12.8. The van der Waals surface area contributed by atoms with E-state index in [0.717, 1.165) is 22.8 Å². The number of para-hydroxylation sites is 1. The Bertz CT molecular complexity index is 1420. The molecule has 1 saturated heterocycles. The van der Waals surface area contributed by atoms with Gasteiger partial charge >= 0.3 is 0 Å². The van der Waals surface area contributed by atoms with Crippen molar-refractivity contribution in [2.45, 2.75) is 23.8 Å². The maximum Gasteiger partial charge on any atom is 0.262 e. The molecular weight excluding hydrogens is 478 g/mol. The Morgan fingerprint density at radius 2 is 2.03 bits per heavy atom. The van der Waals surface area contributed by atoms with Crippen LogP contribution in [0.3, 0.4) is 0 Å². The molecule has 0 unspecified atom stereocenters. The second-order valence-corrected chi connectivity index (χ2v) is 10.7. The van der Waals surface area contributed by atoms with Gasteiger partial charge in [0, 0.05) is 44.6 Å². The number of hydrogen-bond acceptors (Lipinski definition) is 6. The predicted molar refractivity (Wildman–Crippen MR) is 135 cm³/mol. The number of carbonyl (C=O) groups is 1. The lowest BCUT2D eigenvalue weighted by Gasteiger charge is -2.12. The standard InChI is InChI=1S/C26H27N5O4S/c1-30(2)36(33,34)24-12-6-8-19(15-24)25-21(18-31(29-25)22-9-4-3-5-10-22)14-20(16-27)26(32)28-17-23-11-7-13-35-23/h3-6,8-10,12,14-15,18,23H,7,11,13,17H2,1-2H3,(H,28,32)/b20-14-/t23-/m1/s1. The molecule has 1 amide bonds. The third-order valence-corrected chi connectivity index (χ3v) is 7.64. The molecule has 4 rings (SSSR count). The van der Waals surface area contributed by atoms with Crippen LogP contribution in [0.5, 0.6) is 0 Å². The molecule has 0 aliphatic carbocycles. The summed E-state index contributed by atoms with van der Waals surface area (Å²) in [7, 11) is -0.733. The van der Waals surface area contributed by atoms with Crippen LogP contribution in [-0.2, 0) is 19.6 Å². The van der Waals surface area contributed by atoms with Crippen LogP contribution in [0.1, 0.15) is 18.4 Å². The van der Waals surface area contributed by atoms with Gasteiger partial charge in [0.25, 0.3) is 5.91 Å². The molecule has 1 aliphatic rings. The Hall–Kier alpha value is -3.78. The second-order valence-electron chi connectivity index (χ2n) is 8.54. The first-order valence-electron chi connectivity index (χ1n) is 11.5. The molecule has 1 aromatic heterocycles. The third-order valence-electron chi connectivity index (χ3n) is 5.83. The molecule has 36 heavy (non-hydrogen) atoms. The molecule has 2 aromatic carbocycles. The van der Waals surface area contributed by atoms with E-state index in [-0.39, 0.29) is 16.6 Å². The van der Waals surface area contributed by atoms with Crippen molar-refractivity contribution >= 4 is 22.0 Å². The van der Waals surface area contributed by atoms with Crippen molar-refractivity contribution in [3.63, 3.8) is 0 Å². The zero-order chi connectivity index (χ0) is 25.7. The van der Waals surface area contributed by atoms with Crippen LogP contribution in [-0.4, -0.2) is 61.8 Å². The average Bonchev–Trinajstić information content (AvgIpc) is 3.56. The SMILES string of the molecule is CN(C)S(=O)(=O)c1cccc(-c2nn(-c3ccccc3)cc2/C=C(/C#N)C(=O)NC[C@H]2CCCO2)c1. The number of nitriles is 1. The molecule has 1 atom stereocenters. The van der Waals surface area contributed by atoms with Crippen molar-refractivity contribution in [3.8, 4) is 23.0 Å². The van der Waals surface area contributed by atoms with Crippen LogP contribution < -0.4 is 5.32 Å². The fourth-order valence-corrected chi connectivity index (χ4v) is 4.80. The molecule has 0 saturated carbocycles. The fraction of sp³-hybridized carbons (Fsp3) is 0.269. The van der Waals surface area contributed by atoms with Crippen molar-refractivity contribution in [1.29, 1.82) is 5.26 Å². The summed E-state index contributed by atoms with van der Waals surface area (Å²) in [5.74, 6) is -0.504. The summed E-state index contributed by atoms with van der Waals surface area (Å²) in [5, 5.41) is 17.2. The van der Waals surface area contributed by atoms with E-state index < -0.39 is 15.9 Å². The number of carbonyl (C=O) groups excluding carboxylic acids is 1. The molecule has 10 heteroatoms. The summed E-state index contributed by atoms with van der Waals surface area (Å²) in [6.07, 6.45) is 4.95. The number of ether oxygens (including phenoxy) is 1. The van der Waals surface area contributed by atoms with Crippen LogP contribution in [0.4, 0.5) is 0 Å². The monoisotopic (exact) mass is 505 g/mol. The highest BCUT2D eigenvalue weighted by molar-refractivity contribution is 7.89. The van der Waals surface area contributed by atoms with Crippen LogP contribution in [0.15, 0.2) is 71.3 Å². The molecule has 0 radical (unpaired) electrons. The van der Waals surface area contributed by atoms with Gasteiger partial charge in [0.15, 0.2) is 0 Å². The summed E-state index contributed by atoms with van der Waals surface area (Å²) in [4.78, 5) is 12.9. The number of sulfonamides is 1. The van der Waals surface area contributed by atoms with E-state index in [0.29, 0.717) is 30.0 Å². The van der Waals surface area contributed by atoms with Gasteiger partial charge in [0.05, 0.1) is 16.7 Å². The Labute approximate surface area is 210 Å². The van der Waals surface area contributed by atoms with Gasteiger partial charge in [0.1, 0.15) is 17.3 Å². The molecule has 186 valence electrons. The molecule has 0 spiro atoms. The van der Waals surface area contributed by atoms with E-state index in [4.69, 9.17) is 4.74 Å². The minimum absolute atomic E-state index is 0.0494. The largest absolute Gasteiger partial charge is 0.376 e. The third kappa shape index (κ3) is 5.54. The van der Waals surface area contributed by atoms with E-state index in [2.05, 4.69) is 10.4 Å². The van der Waals surface area contributed by atoms with Crippen molar-refractivity contribution in [2.75, 3.05) is 27.2 Å². The van der Waals surface area contributed by atoms with Crippen LogP contribution in [0.25, 0.3) is 23.0 Å². The van der Waals surface area contributed by atoms with Crippen molar-refractivity contribution in [2.24, 2.45) is 0 Å². The Morgan fingerprint density at radius 1 is 1.25 bits per heavy atom. The summed E-state index contributed by atoms with van der Waals surface area (Å²) in [5.41, 5.74) is 2.17. The highest BCUT2D eigenvalue weighted by atomic mass is 32.2. The van der Waals surface area contributed by atoms with E-state index >= 15 is 0 Å². The fourth-order valence-electron chi connectivity index (χ4n) is 3.86. The maximum absolute atomic E-state index is 12.8. The molecule has 1 N–H and O–H groups in total. The Kier molecular flexibility index (Phi) is 7.64. The lowest BCUT2D eigenvalue weighted by atomic mass is 10.1. The topological polar surface area (TPSA) is 117 Å². The number of nitrogens with one attached hydrogen (secondary N) is 1. The van der Waals surface area contributed by atoms with Crippen LogP contribution in [0, 0.1) is 11.3 Å². The Balaban J connectivity index is 1.75. The number of amides is 1. The molecule has 1 aliphatic heterocycles. The average molecular weight is 506 g/mol. The molecule has 1 fully saturated rings. The van der Waals surface area contributed by atoms with Gasteiger partial charge in [0.2, 0.25) is 10.0 Å².